The molecule has 1 rings (SSSR count). The molecule has 0 aliphatic carbocycles. The summed E-state index contributed by atoms with van der Waals surface area (Å²) >= 11 is 0. The van der Waals surface area contributed by atoms with Gasteiger partial charge in [-0.3, -0.25) is 0 Å². The van der Waals surface area contributed by atoms with Crippen LogP contribution in [0.1, 0.15) is 194 Å². The highest BCUT2D eigenvalue weighted by Gasteiger charge is 2.26. The molecule has 0 aromatic rings. The van der Waals surface area contributed by atoms with Crippen LogP contribution in [0.4, 0.5) is 0 Å². The lowest BCUT2D eigenvalue weighted by atomic mass is 9.97. The van der Waals surface area contributed by atoms with E-state index in [1.165, 1.54) is 116 Å². The molecule has 1 aliphatic heterocycles. The summed E-state index contributed by atoms with van der Waals surface area (Å²) in [5.41, 5.74) is -1.34. The van der Waals surface area contributed by atoms with Gasteiger partial charge in [-0.25, -0.2) is 0 Å². The van der Waals surface area contributed by atoms with Crippen molar-refractivity contribution in [1.82, 2.24) is 4.90 Å². The smallest absolute Gasteiger partial charge is 0.197 e. The molecule has 0 radical (unpaired) electrons. The first-order valence-electron chi connectivity index (χ1n) is 21.1. The van der Waals surface area contributed by atoms with E-state index < -0.39 is 17.9 Å². The lowest BCUT2D eigenvalue weighted by Crippen LogP contribution is -2.33. The van der Waals surface area contributed by atoms with Gasteiger partial charge in [0.25, 0.3) is 0 Å². The fourth-order valence-electron chi connectivity index (χ4n) is 6.30. The average molecular weight is 703 g/mol. The molecule has 0 saturated carbocycles. The summed E-state index contributed by atoms with van der Waals surface area (Å²) in [5, 5.41) is 32.1. The summed E-state index contributed by atoms with van der Waals surface area (Å²) in [4.78, 5) is 13.3. The van der Waals surface area contributed by atoms with E-state index in [1.54, 1.807) is 0 Å². The van der Waals surface area contributed by atoms with E-state index in [2.05, 4.69) is 67.6 Å². The molecule has 2 atom stereocenters. The number of rotatable bonds is 31. The normalized spacial score (nSPS) is 17.6. The Morgan fingerprint density at radius 1 is 0.580 bits per heavy atom. The van der Waals surface area contributed by atoms with Crippen molar-refractivity contribution in [3.63, 3.8) is 0 Å². The van der Waals surface area contributed by atoms with Crippen LogP contribution in [-0.4, -0.2) is 58.3 Å². The number of hydrogen-bond acceptors (Lipinski definition) is 6. The molecule has 50 heavy (non-hydrogen) atoms. The Hall–Kier alpha value is -1.60. The number of likely N-dealkylation sites (N-methyl/N-ethyl adjacent to an activating group) is 1. The zero-order chi connectivity index (χ0) is 36.8. The van der Waals surface area contributed by atoms with Crippen molar-refractivity contribution in [2.24, 2.45) is 5.18 Å². The first-order chi connectivity index (χ1) is 24.4. The van der Waals surface area contributed by atoms with Gasteiger partial charge in [0.2, 0.25) is 0 Å². The Labute approximate surface area is 310 Å². The monoisotopic (exact) mass is 703 g/mol. The van der Waals surface area contributed by atoms with Gasteiger partial charge >= 0.3 is 0 Å². The van der Waals surface area contributed by atoms with E-state index in [0.717, 1.165) is 57.9 Å². The quantitative estimate of drug-likeness (QED) is 0.0380. The number of allylic oxidation sites excluding steroid dienone is 8. The van der Waals surface area contributed by atoms with Gasteiger partial charge in [-0.2, -0.15) is 0 Å². The molecule has 0 amide bonds. The Kier molecular flexibility index (Phi) is 36.0. The highest BCUT2D eigenvalue weighted by molar-refractivity contribution is 4.93. The van der Waals surface area contributed by atoms with Crippen LogP contribution in [0.3, 0.4) is 0 Å². The fraction of sp³-hybridized carbons (Fsp3) is 0.818. The Bertz CT molecular complexity index is 792. The molecule has 1 saturated heterocycles. The molecular weight excluding hydrogens is 620 g/mol. The van der Waals surface area contributed by atoms with E-state index in [0.29, 0.717) is 19.4 Å². The fourth-order valence-corrected chi connectivity index (χ4v) is 6.30. The SMILES string of the molecule is CCCCC/C=C\C/C=C\CCCCCCCCC(O)(CCCCCCCC/C=C\C/C=C\CCCCC)N=O.CN1CCCC(O)C(O)C1. The van der Waals surface area contributed by atoms with Gasteiger partial charge in [0.15, 0.2) is 5.72 Å². The van der Waals surface area contributed by atoms with Crippen LogP contribution < -0.4 is 0 Å². The molecule has 0 aromatic carbocycles. The molecule has 3 N–H and O–H groups in total. The third-order valence-corrected chi connectivity index (χ3v) is 9.71. The second-order valence-corrected chi connectivity index (χ2v) is 14.8. The minimum Gasteiger partial charge on any atom is -0.390 e. The lowest BCUT2D eigenvalue weighted by molar-refractivity contribution is 0.0116. The van der Waals surface area contributed by atoms with Crippen LogP contribution in [0.5, 0.6) is 0 Å². The van der Waals surface area contributed by atoms with Crippen molar-refractivity contribution < 1.29 is 15.3 Å². The zero-order valence-electron chi connectivity index (χ0n) is 33.1. The Morgan fingerprint density at radius 3 is 1.36 bits per heavy atom. The topological polar surface area (TPSA) is 93.4 Å². The second kappa shape index (κ2) is 37.2. The number of aliphatic hydroxyl groups excluding tert-OH is 2. The third kappa shape index (κ3) is 33.5. The lowest BCUT2D eigenvalue weighted by Gasteiger charge is -2.19. The van der Waals surface area contributed by atoms with E-state index >= 15 is 0 Å². The summed E-state index contributed by atoms with van der Waals surface area (Å²) in [6, 6.07) is 0. The number of aliphatic hydroxyl groups is 3. The number of likely N-dealkylation sites (tertiary alicyclic amines) is 1. The molecule has 0 aromatic heterocycles. The van der Waals surface area contributed by atoms with Gasteiger partial charge in [-0.1, -0.05) is 140 Å². The van der Waals surface area contributed by atoms with Crippen molar-refractivity contribution >= 4 is 0 Å². The molecule has 2 unspecified atom stereocenters. The number of nitroso groups, excluding NO2 is 1. The number of β-amino-alcohol motifs (C(OH)–C–C–N with tert-alkyl or cyclic N) is 1. The number of nitrogens with zero attached hydrogens (tertiary/aromatic N) is 2. The van der Waals surface area contributed by atoms with Gasteiger partial charge < -0.3 is 20.2 Å². The predicted molar refractivity (Wildman–Crippen MR) is 217 cm³/mol. The minimum atomic E-state index is -1.34. The van der Waals surface area contributed by atoms with E-state index in [9.17, 15) is 20.2 Å². The van der Waals surface area contributed by atoms with E-state index in [4.69, 9.17) is 0 Å². The van der Waals surface area contributed by atoms with Crippen LogP contribution in [0.25, 0.3) is 0 Å². The zero-order valence-corrected chi connectivity index (χ0v) is 33.1. The Balaban J connectivity index is 0.00000203. The van der Waals surface area contributed by atoms with Crippen molar-refractivity contribution in [2.75, 3.05) is 20.1 Å². The summed E-state index contributed by atoms with van der Waals surface area (Å²) in [7, 11) is 1.96. The molecule has 0 bridgehead atoms. The van der Waals surface area contributed by atoms with Crippen molar-refractivity contribution in [1.29, 1.82) is 0 Å². The maximum Gasteiger partial charge on any atom is 0.197 e. The molecule has 6 heteroatoms. The van der Waals surface area contributed by atoms with Crippen LogP contribution in [0.15, 0.2) is 53.8 Å². The summed E-state index contributed by atoms with van der Waals surface area (Å²) in [6.45, 7) is 6.07. The molecule has 1 fully saturated rings. The highest BCUT2D eigenvalue weighted by atomic mass is 16.4. The predicted octanol–water partition coefficient (Wildman–Crippen LogP) is 12.3. The number of unbranched alkanes of at least 4 members (excludes halogenated alkanes) is 18. The van der Waals surface area contributed by atoms with Gasteiger partial charge in [-0.15, -0.1) is 4.91 Å². The first-order valence-corrected chi connectivity index (χ1v) is 21.1. The van der Waals surface area contributed by atoms with Gasteiger partial charge in [0, 0.05) is 19.4 Å². The maximum atomic E-state index is 11.3. The van der Waals surface area contributed by atoms with E-state index in [-0.39, 0.29) is 0 Å². The molecule has 292 valence electrons. The van der Waals surface area contributed by atoms with Gasteiger partial charge in [0.1, 0.15) is 0 Å². The molecule has 0 spiro atoms. The van der Waals surface area contributed by atoms with Crippen LogP contribution in [-0.2, 0) is 0 Å². The van der Waals surface area contributed by atoms with Crippen molar-refractivity contribution in [2.45, 2.75) is 212 Å². The van der Waals surface area contributed by atoms with Crippen molar-refractivity contribution in [3.05, 3.63) is 53.5 Å². The van der Waals surface area contributed by atoms with Crippen LogP contribution in [0.2, 0.25) is 0 Å². The molecular formula is C44H82N2O4. The minimum absolute atomic E-state index is 0.509. The second-order valence-electron chi connectivity index (χ2n) is 14.8. The summed E-state index contributed by atoms with van der Waals surface area (Å²) < 4.78 is 0. The van der Waals surface area contributed by atoms with Crippen LogP contribution in [0, 0.1) is 4.91 Å². The van der Waals surface area contributed by atoms with E-state index in [1.807, 2.05) is 11.9 Å². The van der Waals surface area contributed by atoms with Crippen molar-refractivity contribution in [3.8, 4) is 0 Å². The summed E-state index contributed by atoms with van der Waals surface area (Å²) in [5.74, 6) is 0. The van der Waals surface area contributed by atoms with Gasteiger partial charge in [0.05, 0.1) is 12.2 Å². The molecule has 1 aliphatic rings. The Morgan fingerprint density at radius 2 is 0.960 bits per heavy atom. The largest absolute Gasteiger partial charge is 0.390 e. The average Bonchev–Trinajstić information content (AvgIpc) is 3.26. The maximum absolute atomic E-state index is 11.3. The van der Waals surface area contributed by atoms with Gasteiger partial charge in [-0.05, 0) is 109 Å². The highest BCUT2D eigenvalue weighted by Crippen LogP contribution is 2.24. The third-order valence-electron chi connectivity index (χ3n) is 9.71. The summed E-state index contributed by atoms with van der Waals surface area (Å²) in [6.07, 6.45) is 48.8. The molecule has 1 heterocycles. The number of hydrogen-bond donors (Lipinski definition) is 3. The standard InChI is InChI=1S/C37H67NO2.C7H15NO2/c1-3-5-7-9-11-13-15-17-19-21-23-25-27-29-31-33-35-37(39,38-40)36-34-32-30-28-26-24-22-20-18-16-14-12-10-8-6-4-2;1-8-4-2-3-6(9)7(10)5-8/h11-14,17-20,39H,3-10,15-16,21-36H2,1-2H3;6-7,9-10H,2-5H2,1H3/b13-11-,14-12-,19-17-,20-18-;. The first kappa shape index (κ1) is 48.4. The van der Waals surface area contributed by atoms with Crippen LogP contribution >= 0.6 is 0 Å². The molecule has 6 nitrogen and oxygen atoms in total.